The van der Waals surface area contributed by atoms with Crippen LogP contribution in [0.25, 0.3) is 5.69 Å². The summed E-state index contributed by atoms with van der Waals surface area (Å²) in [5, 5.41) is 23.7. The van der Waals surface area contributed by atoms with E-state index in [0.29, 0.717) is 5.02 Å². The van der Waals surface area contributed by atoms with Crippen molar-refractivity contribution in [2.45, 2.75) is 6.42 Å². The molecular formula is C15H12ClN5O2. The Labute approximate surface area is 136 Å². The zero-order valence-electron chi connectivity index (χ0n) is 11.8. The van der Waals surface area contributed by atoms with Gasteiger partial charge >= 0.3 is 0 Å². The van der Waals surface area contributed by atoms with E-state index in [9.17, 15) is 9.90 Å². The first kappa shape index (κ1) is 15.0. The molecule has 0 saturated heterocycles. The highest BCUT2D eigenvalue weighted by molar-refractivity contribution is 6.31. The molecule has 0 aliphatic carbocycles. The van der Waals surface area contributed by atoms with Crippen LogP contribution in [-0.4, -0.2) is 31.2 Å². The predicted octanol–water partition coefficient (Wildman–Crippen LogP) is 2.20. The first-order chi connectivity index (χ1) is 11.1. The highest BCUT2D eigenvalue weighted by Gasteiger charge is 2.08. The number of carbonyl (C=O) groups is 1. The minimum Gasteiger partial charge on any atom is -0.506 e. The fourth-order valence-corrected chi connectivity index (χ4v) is 2.21. The maximum absolute atomic E-state index is 12.1. The number of carbonyl (C=O) groups excluding carboxylic acids is 1. The van der Waals surface area contributed by atoms with Gasteiger partial charge in [-0.05, 0) is 46.3 Å². The van der Waals surface area contributed by atoms with Crippen LogP contribution in [-0.2, 0) is 11.2 Å². The van der Waals surface area contributed by atoms with Gasteiger partial charge in [-0.2, -0.15) is 0 Å². The number of nitrogens with zero attached hydrogens (tertiary/aromatic N) is 4. The predicted molar refractivity (Wildman–Crippen MR) is 84.6 cm³/mol. The van der Waals surface area contributed by atoms with Crippen LogP contribution in [0, 0.1) is 0 Å². The fraction of sp³-hybridized carbons (Fsp3) is 0.0667. The normalized spacial score (nSPS) is 10.5. The molecule has 3 aromatic rings. The summed E-state index contributed by atoms with van der Waals surface area (Å²) in [5.74, 6) is -0.283. The SMILES string of the molecule is O=C(Cc1ccc(-n2cnnn2)cc1)Nc1cc(Cl)ccc1O. The third kappa shape index (κ3) is 3.64. The number of aromatic nitrogens is 4. The van der Waals surface area contributed by atoms with Crippen LogP contribution in [0.3, 0.4) is 0 Å². The molecule has 8 heteroatoms. The number of amides is 1. The molecule has 0 spiro atoms. The van der Waals surface area contributed by atoms with Gasteiger partial charge in [0.25, 0.3) is 0 Å². The number of tetrazole rings is 1. The van der Waals surface area contributed by atoms with Crippen molar-refractivity contribution in [3.8, 4) is 11.4 Å². The van der Waals surface area contributed by atoms with Gasteiger partial charge in [0.15, 0.2) is 0 Å². The summed E-state index contributed by atoms with van der Waals surface area (Å²) in [5.41, 5.74) is 1.90. The molecule has 1 aromatic heterocycles. The highest BCUT2D eigenvalue weighted by Crippen LogP contribution is 2.26. The van der Waals surface area contributed by atoms with E-state index in [1.165, 1.54) is 23.1 Å². The molecule has 0 aliphatic heterocycles. The van der Waals surface area contributed by atoms with Crippen molar-refractivity contribution >= 4 is 23.2 Å². The zero-order chi connectivity index (χ0) is 16.2. The van der Waals surface area contributed by atoms with E-state index in [1.807, 2.05) is 24.3 Å². The van der Waals surface area contributed by atoms with Gasteiger partial charge in [0, 0.05) is 5.02 Å². The lowest BCUT2D eigenvalue weighted by Gasteiger charge is -2.08. The van der Waals surface area contributed by atoms with Gasteiger partial charge in [0.2, 0.25) is 5.91 Å². The van der Waals surface area contributed by atoms with Crippen molar-refractivity contribution in [1.82, 2.24) is 20.2 Å². The van der Waals surface area contributed by atoms with Crippen LogP contribution < -0.4 is 5.32 Å². The Morgan fingerprint density at radius 3 is 2.70 bits per heavy atom. The van der Waals surface area contributed by atoms with Crippen molar-refractivity contribution in [2.75, 3.05) is 5.32 Å². The van der Waals surface area contributed by atoms with E-state index in [1.54, 1.807) is 6.07 Å². The van der Waals surface area contributed by atoms with Crippen molar-refractivity contribution < 1.29 is 9.90 Å². The molecule has 7 nitrogen and oxygen atoms in total. The van der Waals surface area contributed by atoms with Gasteiger partial charge in [-0.3, -0.25) is 4.79 Å². The van der Waals surface area contributed by atoms with Gasteiger partial charge in [0.05, 0.1) is 17.8 Å². The van der Waals surface area contributed by atoms with Gasteiger partial charge in [-0.25, -0.2) is 4.68 Å². The molecule has 2 aromatic carbocycles. The average molecular weight is 330 g/mol. The molecule has 0 radical (unpaired) electrons. The largest absolute Gasteiger partial charge is 0.506 e. The quantitative estimate of drug-likeness (QED) is 0.716. The van der Waals surface area contributed by atoms with E-state index in [4.69, 9.17) is 11.6 Å². The molecule has 3 rings (SSSR count). The number of hydrogen-bond acceptors (Lipinski definition) is 5. The minimum atomic E-state index is -0.252. The van der Waals surface area contributed by atoms with Crippen LogP contribution in [0.1, 0.15) is 5.56 Å². The van der Waals surface area contributed by atoms with E-state index in [-0.39, 0.29) is 23.8 Å². The first-order valence-electron chi connectivity index (χ1n) is 6.72. The second kappa shape index (κ2) is 6.45. The zero-order valence-corrected chi connectivity index (χ0v) is 12.6. The monoisotopic (exact) mass is 329 g/mol. The Hall–Kier alpha value is -2.93. The molecule has 1 amide bonds. The molecule has 0 fully saturated rings. The fourth-order valence-electron chi connectivity index (χ4n) is 2.03. The average Bonchev–Trinajstić information content (AvgIpc) is 3.06. The molecule has 0 saturated carbocycles. The number of rotatable bonds is 4. The third-order valence-electron chi connectivity index (χ3n) is 3.15. The molecule has 1 heterocycles. The Balaban J connectivity index is 1.67. The highest BCUT2D eigenvalue weighted by atomic mass is 35.5. The van der Waals surface area contributed by atoms with Crippen LogP contribution >= 0.6 is 11.6 Å². The number of halogens is 1. The van der Waals surface area contributed by atoms with Crippen LogP contribution in [0.15, 0.2) is 48.8 Å². The standard InChI is InChI=1S/C15H12ClN5O2/c16-11-3-6-14(22)13(8-11)18-15(23)7-10-1-4-12(5-2-10)21-9-17-19-20-21/h1-6,8-9,22H,7H2,(H,18,23). The molecule has 0 bridgehead atoms. The van der Waals surface area contributed by atoms with Crippen molar-refractivity contribution in [3.05, 3.63) is 59.4 Å². The number of phenolic OH excluding ortho intramolecular Hbond substituents is 1. The number of anilines is 1. The Morgan fingerprint density at radius 1 is 1.22 bits per heavy atom. The topological polar surface area (TPSA) is 92.9 Å². The minimum absolute atomic E-state index is 0.0308. The Morgan fingerprint density at radius 2 is 2.00 bits per heavy atom. The van der Waals surface area contributed by atoms with Crippen LogP contribution in [0.4, 0.5) is 5.69 Å². The first-order valence-corrected chi connectivity index (χ1v) is 7.10. The molecule has 116 valence electrons. The van der Waals surface area contributed by atoms with Gasteiger partial charge in [0.1, 0.15) is 12.1 Å². The Bertz CT molecular complexity index is 818. The number of phenols is 1. The second-order valence-corrected chi connectivity index (χ2v) is 5.24. The van der Waals surface area contributed by atoms with E-state index >= 15 is 0 Å². The lowest BCUT2D eigenvalue weighted by atomic mass is 10.1. The van der Waals surface area contributed by atoms with Crippen LogP contribution in [0.2, 0.25) is 5.02 Å². The number of aromatic hydroxyl groups is 1. The van der Waals surface area contributed by atoms with Gasteiger partial charge in [-0.1, -0.05) is 23.7 Å². The molecule has 0 unspecified atom stereocenters. The molecule has 23 heavy (non-hydrogen) atoms. The van der Waals surface area contributed by atoms with Gasteiger partial charge < -0.3 is 10.4 Å². The number of benzene rings is 2. The summed E-state index contributed by atoms with van der Waals surface area (Å²) in [4.78, 5) is 12.1. The van der Waals surface area contributed by atoms with Crippen molar-refractivity contribution in [3.63, 3.8) is 0 Å². The van der Waals surface area contributed by atoms with Crippen molar-refractivity contribution in [2.24, 2.45) is 0 Å². The summed E-state index contributed by atoms with van der Waals surface area (Å²) in [6.07, 6.45) is 1.66. The van der Waals surface area contributed by atoms with E-state index in [2.05, 4.69) is 20.8 Å². The smallest absolute Gasteiger partial charge is 0.228 e. The van der Waals surface area contributed by atoms with E-state index < -0.39 is 0 Å². The lowest BCUT2D eigenvalue weighted by molar-refractivity contribution is -0.115. The maximum atomic E-state index is 12.1. The summed E-state index contributed by atoms with van der Waals surface area (Å²) in [6.45, 7) is 0. The third-order valence-corrected chi connectivity index (χ3v) is 3.38. The molecular weight excluding hydrogens is 318 g/mol. The lowest BCUT2D eigenvalue weighted by Crippen LogP contribution is -2.14. The molecule has 2 N–H and O–H groups in total. The van der Waals surface area contributed by atoms with Crippen molar-refractivity contribution in [1.29, 1.82) is 0 Å². The number of nitrogens with one attached hydrogen (secondary N) is 1. The second-order valence-electron chi connectivity index (χ2n) is 4.81. The molecule has 0 aliphatic rings. The van der Waals surface area contributed by atoms with E-state index in [0.717, 1.165) is 11.3 Å². The summed E-state index contributed by atoms with van der Waals surface area (Å²) in [6, 6.07) is 11.7. The summed E-state index contributed by atoms with van der Waals surface area (Å²) < 4.78 is 1.52. The van der Waals surface area contributed by atoms with Gasteiger partial charge in [-0.15, -0.1) is 5.10 Å². The Kier molecular flexibility index (Phi) is 4.20. The number of hydrogen-bond donors (Lipinski definition) is 2. The van der Waals surface area contributed by atoms with Crippen LogP contribution in [0.5, 0.6) is 5.75 Å². The summed E-state index contributed by atoms with van der Waals surface area (Å²) in [7, 11) is 0. The molecule has 0 atom stereocenters. The maximum Gasteiger partial charge on any atom is 0.228 e. The summed E-state index contributed by atoms with van der Waals surface area (Å²) >= 11 is 5.85.